The van der Waals surface area contributed by atoms with Gasteiger partial charge in [-0.3, -0.25) is 28.8 Å². The molecule has 222 valence electrons. The van der Waals surface area contributed by atoms with E-state index in [1.807, 2.05) is 20.8 Å². The van der Waals surface area contributed by atoms with Crippen LogP contribution in [0.5, 0.6) is 0 Å². The van der Waals surface area contributed by atoms with Crippen molar-refractivity contribution >= 4 is 35.3 Å². The third-order valence-corrected chi connectivity index (χ3v) is 9.14. The van der Waals surface area contributed by atoms with Crippen LogP contribution < -0.4 is 21.3 Å². The Hall–Kier alpha value is -2.98. The van der Waals surface area contributed by atoms with Crippen molar-refractivity contribution in [3.63, 3.8) is 0 Å². The lowest BCUT2D eigenvalue weighted by molar-refractivity contribution is -0.147. The molecular formula is C29H45N5O6. The first kappa shape index (κ1) is 30.0. The Morgan fingerprint density at radius 2 is 1.70 bits per heavy atom. The van der Waals surface area contributed by atoms with Gasteiger partial charge in [0.1, 0.15) is 12.1 Å². The molecule has 2 aliphatic heterocycles. The summed E-state index contributed by atoms with van der Waals surface area (Å²) in [6.45, 7) is 14.1. The van der Waals surface area contributed by atoms with Crippen LogP contribution in [0.4, 0.5) is 0 Å². The number of hydrogen-bond donors (Lipinski definition) is 4. The van der Waals surface area contributed by atoms with E-state index in [-0.39, 0.29) is 53.4 Å². The number of nitrogens with one attached hydrogen (secondary N) is 4. The van der Waals surface area contributed by atoms with Crippen molar-refractivity contribution in [3.8, 4) is 0 Å². The molecule has 4 aliphatic rings. The molecule has 0 aromatic carbocycles. The van der Waals surface area contributed by atoms with E-state index >= 15 is 0 Å². The predicted molar refractivity (Wildman–Crippen MR) is 146 cm³/mol. The summed E-state index contributed by atoms with van der Waals surface area (Å²) in [5, 5.41) is 11.1. The molecule has 4 fully saturated rings. The molecule has 11 heteroatoms. The van der Waals surface area contributed by atoms with Gasteiger partial charge in [-0.25, -0.2) is 0 Å². The molecule has 0 radical (unpaired) electrons. The SMILES string of the molecule is CC(C)C(=O)N[C@H](C(=O)N1C[C@H]2[C@@H]([C@H]1C(=O)NC(C[C@@H]1CCNC1=O)C(=O)C(=O)NC1CC1)C2(C)C)C(C)(C)C. The number of carbonyl (C=O) groups is 6. The third kappa shape index (κ3) is 6.02. The number of ketones is 1. The lowest BCUT2D eigenvalue weighted by Crippen LogP contribution is -2.61. The van der Waals surface area contributed by atoms with Crippen molar-refractivity contribution in [2.24, 2.45) is 34.5 Å². The summed E-state index contributed by atoms with van der Waals surface area (Å²) in [6, 6.07) is -2.92. The minimum atomic E-state index is -1.18. The molecule has 4 rings (SSSR count). The number of carbonyl (C=O) groups excluding carboxylic acids is 6. The highest BCUT2D eigenvalue weighted by Crippen LogP contribution is 2.65. The van der Waals surface area contributed by atoms with Crippen LogP contribution in [-0.4, -0.2) is 77.5 Å². The first-order valence-corrected chi connectivity index (χ1v) is 14.6. The molecule has 11 nitrogen and oxygen atoms in total. The largest absolute Gasteiger partial charge is 0.356 e. The topological polar surface area (TPSA) is 154 Å². The molecule has 1 unspecified atom stereocenters. The second-order valence-electron chi connectivity index (χ2n) is 14.0. The third-order valence-electron chi connectivity index (χ3n) is 9.14. The average molecular weight is 560 g/mol. The lowest BCUT2D eigenvalue weighted by Gasteiger charge is -2.38. The van der Waals surface area contributed by atoms with Gasteiger partial charge in [0.05, 0.1) is 6.04 Å². The summed E-state index contributed by atoms with van der Waals surface area (Å²) >= 11 is 0. The maximum absolute atomic E-state index is 14.0. The monoisotopic (exact) mass is 559 g/mol. The van der Waals surface area contributed by atoms with Crippen LogP contribution in [0, 0.1) is 34.5 Å². The minimum absolute atomic E-state index is 0.0156. The van der Waals surface area contributed by atoms with Gasteiger partial charge in [-0.05, 0) is 48.3 Å². The van der Waals surface area contributed by atoms with Gasteiger partial charge in [0, 0.05) is 31.0 Å². The Balaban J connectivity index is 1.57. The Morgan fingerprint density at radius 3 is 2.23 bits per heavy atom. The zero-order chi connectivity index (χ0) is 29.7. The van der Waals surface area contributed by atoms with Crippen molar-refractivity contribution < 1.29 is 28.8 Å². The van der Waals surface area contributed by atoms with E-state index in [2.05, 4.69) is 35.1 Å². The number of Topliss-reactive ketones (excluding diaryl/α,β-unsaturated/α-hetero) is 1. The minimum Gasteiger partial charge on any atom is -0.356 e. The molecule has 6 atom stereocenters. The highest BCUT2D eigenvalue weighted by Gasteiger charge is 2.70. The van der Waals surface area contributed by atoms with Crippen molar-refractivity contribution in [1.29, 1.82) is 0 Å². The standard InChI is InChI=1S/C29H45N5O6/c1-14(2)23(36)33-22(28(3,4)5)27(40)34-13-17-19(29(17,6)7)20(34)25(38)32-18(12-15-10-11-30-24(15)37)21(35)26(39)31-16-8-9-16/h14-20,22H,8-13H2,1-7H3,(H,30,37)(H,31,39)(H,32,38)(H,33,36)/t15-,17-,18?,19-,20-,22+/m0/s1. The number of amides is 5. The molecule has 40 heavy (non-hydrogen) atoms. The number of piperidine rings is 1. The maximum atomic E-state index is 14.0. The maximum Gasteiger partial charge on any atom is 0.289 e. The first-order valence-electron chi connectivity index (χ1n) is 14.6. The number of fused-ring (bicyclic) bond motifs is 1. The van der Waals surface area contributed by atoms with Gasteiger partial charge >= 0.3 is 0 Å². The Bertz CT molecular complexity index is 1090. The average Bonchev–Trinajstić information content (AvgIpc) is 3.62. The van der Waals surface area contributed by atoms with E-state index in [4.69, 9.17) is 0 Å². The Kier molecular flexibility index (Phi) is 8.08. The van der Waals surface area contributed by atoms with Crippen LogP contribution in [0.25, 0.3) is 0 Å². The van der Waals surface area contributed by atoms with Crippen molar-refractivity contribution in [2.45, 2.75) is 98.3 Å². The fraction of sp³-hybridized carbons (Fsp3) is 0.793. The molecule has 0 bridgehead atoms. The van der Waals surface area contributed by atoms with E-state index in [0.717, 1.165) is 12.8 Å². The predicted octanol–water partition coefficient (Wildman–Crippen LogP) is 0.515. The molecule has 2 saturated heterocycles. The zero-order valence-electron chi connectivity index (χ0n) is 24.8. The molecule has 4 N–H and O–H groups in total. The summed E-state index contributed by atoms with van der Waals surface area (Å²) in [7, 11) is 0. The fourth-order valence-electron chi connectivity index (χ4n) is 6.22. The second-order valence-corrected chi connectivity index (χ2v) is 14.0. The lowest BCUT2D eigenvalue weighted by atomic mass is 9.84. The van der Waals surface area contributed by atoms with E-state index in [0.29, 0.717) is 19.5 Å². The van der Waals surface area contributed by atoms with Crippen molar-refractivity contribution in [2.75, 3.05) is 13.1 Å². The van der Waals surface area contributed by atoms with Gasteiger partial charge in [0.15, 0.2) is 0 Å². The molecular weight excluding hydrogens is 514 g/mol. The van der Waals surface area contributed by atoms with Crippen LogP contribution in [-0.2, 0) is 28.8 Å². The van der Waals surface area contributed by atoms with Crippen LogP contribution in [0.3, 0.4) is 0 Å². The second kappa shape index (κ2) is 10.8. The Labute approximate surface area is 236 Å². The molecule has 2 aliphatic carbocycles. The van der Waals surface area contributed by atoms with E-state index in [1.54, 1.807) is 18.7 Å². The van der Waals surface area contributed by atoms with Crippen LogP contribution >= 0.6 is 0 Å². The summed E-state index contributed by atoms with van der Waals surface area (Å²) < 4.78 is 0. The van der Waals surface area contributed by atoms with Gasteiger partial charge in [0.25, 0.3) is 5.91 Å². The van der Waals surface area contributed by atoms with E-state index in [1.165, 1.54) is 0 Å². The molecule has 0 aromatic heterocycles. The molecule has 5 amide bonds. The van der Waals surface area contributed by atoms with Gasteiger partial charge in [-0.15, -0.1) is 0 Å². The number of nitrogens with zero attached hydrogens (tertiary/aromatic N) is 1. The Morgan fingerprint density at radius 1 is 1.05 bits per heavy atom. The molecule has 0 aromatic rings. The van der Waals surface area contributed by atoms with Crippen molar-refractivity contribution in [1.82, 2.24) is 26.2 Å². The summed E-state index contributed by atoms with van der Waals surface area (Å²) in [5.74, 6) is -3.68. The van der Waals surface area contributed by atoms with Crippen LogP contribution in [0.15, 0.2) is 0 Å². The molecule has 2 saturated carbocycles. The number of hydrogen-bond acceptors (Lipinski definition) is 6. The van der Waals surface area contributed by atoms with E-state index in [9.17, 15) is 28.8 Å². The van der Waals surface area contributed by atoms with Gasteiger partial charge in [-0.1, -0.05) is 48.5 Å². The van der Waals surface area contributed by atoms with Crippen LogP contribution in [0.2, 0.25) is 0 Å². The summed E-state index contributed by atoms with van der Waals surface area (Å²) in [4.78, 5) is 80.3. The highest BCUT2D eigenvalue weighted by atomic mass is 16.2. The molecule has 0 spiro atoms. The number of likely N-dealkylation sites (tertiary alicyclic amines) is 1. The first-order chi connectivity index (χ1) is 18.5. The highest BCUT2D eigenvalue weighted by molar-refractivity contribution is 6.38. The van der Waals surface area contributed by atoms with E-state index < -0.39 is 47.1 Å². The smallest absolute Gasteiger partial charge is 0.289 e. The normalized spacial score (nSPS) is 28.3. The van der Waals surface area contributed by atoms with Gasteiger partial charge < -0.3 is 26.2 Å². The fourth-order valence-corrected chi connectivity index (χ4v) is 6.22. The van der Waals surface area contributed by atoms with Crippen LogP contribution in [0.1, 0.15) is 74.1 Å². The van der Waals surface area contributed by atoms with Gasteiger partial charge in [0.2, 0.25) is 29.4 Å². The quantitative estimate of drug-likeness (QED) is 0.286. The van der Waals surface area contributed by atoms with Crippen molar-refractivity contribution in [3.05, 3.63) is 0 Å². The molecule has 2 heterocycles. The summed E-state index contributed by atoms with van der Waals surface area (Å²) in [5.41, 5.74) is -0.786. The summed E-state index contributed by atoms with van der Waals surface area (Å²) in [6.07, 6.45) is 2.14. The van der Waals surface area contributed by atoms with Gasteiger partial charge in [-0.2, -0.15) is 0 Å². The number of rotatable bonds is 10. The zero-order valence-corrected chi connectivity index (χ0v) is 24.8.